The van der Waals surface area contributed by atoms with E-state index < -0.39 is 24.0 Å². The summed E-state index contributed by atoms with van der Waals surface area (Å²) in [5.41, 5.74) is 0. The molecule has 0 aromatic carbocycles. The zero-order valence-electron chi connectivity index (χ0n) is 15.1. The van der Waals surface area contributed by atoms with Crippen LogP contribution in [0.15, 0.2) is 40.3 Å². The second-order valence-electron chi connectivity index (χ2n) is 6.77. The zero-order valence-corrected chi connectivity index (χ0v) is 15.9. The fraction of sp³-hybridized carbons (Fsp3) is 0.474. The minimum Gasteiger partial charge on any atom is -0.467 e. The number of furan rings is 1. The Morgan fingerprint density at radius 2 is 1.96 bits per heavy atom. The molecule has 152 valence electrons. The number of hydrogen-bond acceptors (Lipinski definition) is 4. The first kappa shape index (κ1) is 20.4. The van der Waals surface area contributed by atoms with Gasteiger partial charge in [0.15, 0.2) is 6.04 Å². The van der Waals surface area contributed by atoms with Crippen LogP contribution >= 0.6 is 11.3 Å². The highest BCUT2D eigenvalue weighted by atomic mass is 32.1. The van der Waals surface area contributed by atoms with Gasteiger partial charge in [0.1, 0.15) is 5.76 Å². The van der Waals surface area contributed by atoms with Gasteiger partial charge in [0.2, 0.25) is 0 Å². The lowest BCUT2D eigenvalue weighted by molar-refractivity contribution is -0.189. The third kappa shape index (κ3) is 4.95. The number of thiophene rings is 1. The highest BCUT2D eigenvalue weighted by Crippen LogP contribution is 2.31. The third-order valence-electron chi connectivity index (χ3n) is 4.73. The number of halogens is 3. The minimum atomic E-state index is -5.10. The number of nitrogens with one attached hydrogen (secondary N) is 1. The normalized spacial score (nSPS) is 16.5. The van der Waals surface area contributed by atoms with Crippen LogP contribution in [0, 0.1) is 0 Å². The van der Waals surface area contributed by atoms with E-state index in [0.717, 1.165) is 32.1 Å². The maximum Gasteiger partial charge on any atom is 0.471 e. The average molecular weight is 414 g/mol. The maximum absolute atomic E-state index is 13.3. The van der Waals surface area contributed by atoms with Crippen molar-refractivity contribution >= 4 is 23.2 Å². The molecule has 0 radical (unpaired) electrons. The van der Waals surface area contributed by atoms with Crippen molar-refractivity contribution in [3.8, 4) is 0 Å². The molecule has 2 amide bonds. The van der Waals surface area contributed by atoms with Crippen molar-refractivity contribution in [1.29, 1.82) is 0 Å². The smallest absolute Gasteiger partial charge is 0.467 e. The van der Waals surface area contributed by atoms with Gasteiger partial charge in [-0.15, -0.1) is 11.3 Å². The molecule has 0 saturated heterocycles. The highest BCUT2D eigenvalue weighted by molar-refractivity contribution is 7.09. The van der Waals surface area contributed by atoms with Crippen LogP contribution in [-0.4, -0.2) is 28.9 Å². The maximum atomic E-state index is 13.3. The predicted octanol–water partition coefficient (Wildman–Crippen LogP) is 4.42. The lowest BCUT2D eigenvalue weighted by Gasteiger charge is -2.32. The monoisotopic (exact) mass is 414 g/mol. The molecule has 1 N–H and O–H groups in total. The number of carbonyl (C=O) groups excluding carboxylic acids is 2. The number of nitrogens with zero attached hydrogens (tertiary/aromatic N) is 1. The van der Waals surface area contributed by atoms with Gasteiger partial charge < -0.3 is 14.6 Å². The molecule has 1 aliphatic rings. The molecule has 3 rings (SSSR count). The summed E-state index contributed by atoms with van der Waals surface area (Å²) in [4.78, 5) is 26.3. The number of hydrogen-bond donors (Lipinski definition) is 1. The molecular weight excluding hydrogens is 393 g/mol. The van der Waals surface area contributed by atoms with Gasteiger partial charge >= 0.3 is 12.1 Å². The molecule has 1 fully saturated rings. The molecule has 5 nitrogen and oxygen atoms in total. The van der Waals surface area contributed by atoms with Gasteiger partial charge in [0.25, 0.3) is 5.91 Å². The van der Waals surface area contributed by atoms with Gasteiger partial charge in [0, 0.05) is 10.9 Å². The standard InChI is InChI=1S/C19H21F3N2O3S/c20-19(21,22)18(26)24(12-14-8-5-11-28-14)16(15-9-4-10-27-15)17(25)23-13-6-2-1-3-7-13/h4-5,8-11,13,16H,1-3,6-7,12H2,(H,23,25). The van der Waals surface area contributed by atoms with Crippen LogP contribution in [0.4, 0.5) is 13.2 Å². The molecule has 0 bridgehead atoms. The zero-order chi connectivity index (χ0) is 20.1. The molecular formula is C19H21F3N2O3S. The SMILES string of the molecule is O=C(NC1CCCCC1)C(c1ccco1)N(Cc1cccs1)C(=O)C(F)(F)F. The first-order chi connectivity index (χ1) is 13.4. The van der Waals surface area contributed by atoms with Crippen molar-refractivity contribution in [2.45, 2.75) is 56.9 Å². The van der Waals surface area contributed by atoms with Gasteiger partial charge in [-0.05, 0) is 36.4 Å². The second-order valence-corrected chi connectivity index (χ2v) is 7.80. The highest BCUT2D eigenvalue weighted by Gasteiger charge is 2.47. The summed E-state index contributed by atoms with van der Waals surface area (Å²) in [6.45, 7) is -0.334. The van der Waals surface area contributed by atoms with Gasteiger partial charge in [-0.25, -0.2) is 0 Å². The van der Waals surface area contributed by atoms with E-state index in [1.807, 2.05) is 0 Å². The van der Waals surface area contributed by atoms with E-state index in [-0.39, 0.29) is 18.3 Å². The Morgan fingerprint density at radius 1 is 1.21 bits per heavy atom. The summed E-state index contributed by atoms with van der Waals surface area (Å²) in [5, 5.41) is 4.52. The topological polar surface area (TPSA) is 62.6 Å². The molecule has 2 aromatic rings. The van der Waals surface area contributed by atoms with E-state index in [4.69, 9.17) is 4.42 Å². The molecule has 0 aliphatic heterocycles. The summed E-state index contributed by atoms with van der Waals surface area (Å²) in [7, 11) is 0. The van der Waals surface area contributed by atoms with Crippen LogP contribution in [-0.2, 0) is 16.1 Å². The summed E-state index contributed by atoms with van der Waals surface area (Å²) in [6, 6.07) is 4.60. The Morgan fingerprint density at radius 3 is 2.54 bits per heavy atom. The van der Waals surface area contributed by atoms with Gasteiger partial charge in [-0.2, -0.15) is 13.2 Å². The van der Waals surface area contributed by atoms with Crippen LogP contribution in [0.1, 0.15) is 48.8 Å². The molecule has 1 saturated carbocycles. The Kier molecular flexibility index (Phi) is 6.43. The fourth-order valence-corrected chi connectivity index (χ4v) is 4.11. The third-order valence-corrected chi connectivity index (χ3v) is 5.60. The van der Waals surface area contributed by atoms with E-state index in [2.05, 4.69) is 5.32 Å². The van der Waals surface area contributed by atoms with Gasteiger partial charge in [-0.1, -0.05) is 25.3 Å². The molecule has 1 atom stereocenters. The molecule has 9 heteroatoms. The fourth-order valence-electron chi connectivity index (χ4n) is 3.41. The summed E-state index contributed by atoms with van der Waals surface area (Å²) in [6.07, 6.45) is 0.701. The second kappa shape index (κ2) is 8.81. The van der Waals surface area contributed by atoms with E-state index >= 15 is 0 Å². The Balaban J connectivity index is 1.91. The number of rotatable bonds is 6. The van der Waals surface area contributed by atoms with Crippen molar-refractivity contribution in [1.82, 2.24) is 10.2 Å². The van der Waals surface area contributed by atoms with E-state index in [1.165, 1.54) is 29.7 Å². The lowest BCUT2D eigenvalue weighted by atomic mass is 9.95. The number of amides is 2. The van der Waals surface area contributed by atoms with Crippen molar-refractivity contribution in [2.75, 3.05) is 0 Å². The quantitative estimate of drug-likeness (QED) is 0.761. The van der Waals surface area contributed by atoms with Gasteiger partial charge in [-0.3, -0.25) is 9.59 Å². The molecule has 2 heterocycles. The number of carbonyl (C=O) groups is 2. The Labute approximate surface area is 164 Å². The van der Waals surface area contributed by atoms with Crippen LogP contribution in [0.2, 0.25) is 0 Å². The summed E-state index contributed by atoms with van der Waals surface area (Å²) in [5.74, 6) is -2.72. The Bertz CT molecular complexity index is 769. The van der Waals surface area contributed by atoms with Crippen molar-refractivity contribution in [3.05, 3.63) is 46.5 Å². The molecule has 1 aliphatic carbocycles. The van der Waals surface area contributed by atoms with Crippen molar-refractivity contribution in [2.24, 2.45) is 0 Å². The van der Waals surface area contributed by atoms with Gasteiger partial charge in [0.05, 0.1) is 12.8 Å². The van der Waals surface area contributed by atoms with Crippen molar-refractivity contribution in [3.63, 3.8) is 0 Å². The average Bonchev–Trinajstić information content (AvgIpc) is 3.35. The van der Waals surface area contributed by atoms with Crippen molar-refractivity contribution < 1.29 is 27.2 Å². The number of alkyl halides is 3. The lowest BCUT2D eigenvalue weighted by Crippen LogP contribution is -2.49. The molecule has 2 aromatic heterocycles. The molecule has 28 heavy (non-hydrogen) atoms. The van der Waals surface area contributed by atoms with Crippen LogP contribution in [0.25, 0.3) is 0 Å². The van der Waals surface area contributed by atoms with E-state index in [9.17, 15) is 22.8 Å². The summed E-state index contributed by atoms with van der Waals surface area (Å²) >= 11 is 1.22. The van der Waals surface area contributed by atoms with E-state index in [1.54, 1.807) is 17.5 Å². The van der Waals surface area contributed by atoms with E-state index in [0.29, 0.717) is 9.78 Å². The predicted molar refractivity (Wildman–Crippen MR) is 97.4 cm³/mol. The minimum absolute atomic E-state index is 0.00228. The van der Waals surface area contributed by atoms with Crippen LogP contribution in [0.5, 0.6) is 0 Å². The molecule has 0 spiro atoms. The summed E-state index contributed by atoms with van der Waals surface area (Å²) < 4.78 is 45.2. The first-order valence-corrected chi connectivity index (χ1v) is 9.98. The Hall–Kier alpha value is -2.29. The van der Waals surface area contributed by atoms with Crippen LogP contribution < -0.4 is 5.32 Å². The van der Waals surface area contributed by atoms with Crippen LogP contribution in [0.3, 0.4) is 0 Å². The largest absolute Gasteiger partial charge is 0.471 e. The molecule has 1 unspecified atom stereocenters. The first-order valence-electron chi connectivity index (χ1n) is 9.10.